The molecule has 1 N–H and O–H groups in total. The van der Waals surface area contributed by atoms with E-state index in [1.165, 1.54) is 4.31 Å². The highest BCUT2D eigenvalue weighted by molar-refractivity contribution is 7.87. The van der Waals surface area contributed by atoms with Crippen LogP contribution in [0.3, 0.4) is 0 Å². The van der Waals surface area contributed by atoms with Crippen molar-refractivity contribution in [1.82, 2.24) is 23.8 Å². The number of aryl methyl sites for hydroxylation is 1. The topological polar surface area (TPSA) is 93.3 Å². The average molecular weight is 339 g/mol. The molecule has 1 fully saturated rings. The predicted octanol–water partition coefficient (Wildman–Crippen LogP) is 1.11. The molecule has 9 heteroatoms. The average Bonchev–Trinajstić information content (AvgIpc) is 3.27. The van der Waals surface area contributed by atoms with Crippen molar-refractivity contribution >= 4 is 10.2 Å². The third kappa shape index (κ3) is 3.46. The first-order valence-electron chi connectivity index (χ1n) is 7.78. The van der Waals surface area contributed by atoms with Crippen LogP contribution in [0.2, 0.25) is 0 Å². The van der Waals surface area contributed by atoms with Gasteiger partial charge in [0, 0.05) is 26.1 Å². The Hall–Kier alpha value is -1.71. The van der Waals surface area contributed by atoms with Gasteiger partial charge in [-0.05, 0) is 31.9 Å². The van der Waals surface area contributed by atoms with Gasteiger partial charge in [0.05, 0.1) is 12.3 Å². The molecule has 1 aliphatic heterocycles. The van der Waals surface area contributed by atoms with Crippen LogP contribution in [0.4, 0.5) is 0 Å². The first kappa shape index (κ1) is 16.2. The van der Waals surface area contributed by atoms with Gasteiger partial charge in [-0.25, -0.2) is 4.72 Å². The molecule has 0 aliphatic carbocycles. The molecule has 3 heterocycles. The summed E-state index contributed by atoms with van der Waals surface area (Å²) in [7, 11) is -3.54. The summed E-state index contributed by atoms with van der Waals surface area (Å²) in [5.74, 6) is 1.47. The molecule has 126 valence electrons. The molecular formula is C14H21N5O3S. The van der Waals surface area contributed by atoms with Crippen LogP contribution in [-0.2, 0) is 23.2 Å². The molecule has 1 atom stereocenters. The van der Waals surface area contributed by atoms with Crippen molar-refractivity contribution in [3.8, 4) is 0 Å². The van der Waals surface area contributed by atoms with Crippen molar-refractivity contribution in [2.75, 3.05) is 13.1 Å². The standard InChI is InChI=1S/C14H21N5O3S/c1-2-18-11-15-17-14(18)7-8-16-23(20,21)19-9-3-5-12(19)13-6-4-10-22-13/h4,6,10-12,16H,2-3,5,7-9H2,1H3/t12-/m1/s1. The summed E-state index contributed by atoms with van der Waals surface area (Å²) < 4.78 is 36.5. The Morgan fingerprint density at radius 3 is 3.09 bits per heavy atom. The third-order valence-electron chi connectivity index (χ3n) is 4.05. The Balaban J connectivity index is 1.62. The van der Waals surface area contributed by atoms with Crippen LogP contribution in [0.15, 0.2) is 29.1 Å². The van der Waals surface area contributed by atoms with E-state index in [0.29, 0.717) is 25.3 Å². The Morgan fingerprint density at radius 2 is 2.35 bits per heavy atom. The largest absolute Gasteiger partial charge is 0.468 e. The summed E-state index contributed by atoms with van der Waals surface area (Å²) in [5.41, 5.74) is 0. The lowest BCUT2D eigenvalue weighted by Crippen LogP contribution is -2.41. The van der Waals surface area contributed by atoms with Crippen molar-refractivity contribution in [2.45, 2.75) is 38.8 Å². The highest BCUT2D eigenvalue weighted by atomic mass is 32.2. The summed E-state index contributed by atoms with van der Waals surface area (Å²) in [4.78, 5) is 0. The van der Waals surface area contributed by atoms with E-state index in [1.807, 2.05) is 17.6 Å². The maximum absolute atomic E-state index is 12.6. The molecule has 3 rings (SSSR count). The van der Waals surface area contributed by atoms with Crippen LogP contribution in [0.25, 0.3) is 0 Å². The number of hydrogen-bond donors (Lipinski definition) is 1. The zero-order valence-electron chi connectivity index (χ0n) is 13.1. The fourth-order valence-corrected chi connectivity index (χ4v) is 4.34. The van der Waals surface area contributed by atoms with Crippen LogP contribution >= 0.6 is 0 Å². The second-order valence-corrected chi connectivity index (χ2v) is 7.17. The third-order valence-corrected chi connectivity index (χ3v) is 5.68. The summed E-state index contributed by atoms with van der Waals surface area (Å²) in [5, 5.41) is 7.85. The lowest BCUT2D eigenvalue weighted by molar-refractivity contribution is 0.335. The van der Waals surface area contributed by atoms with Gasteiger partial charge in [0.1, 0.15) is 17.9 Å². The summed E-state index contributed by atoms with van der Waals surface area (Å²) in [6.07, 6.45) is 5.34. The molecule has 1 aliphatic rings. The lowest BCUT2D eigenvalue weighted by atomic mass is 10.2. The maximum Gasteiger partial charge on any atom is 0.280 e. The number of hydrogen-bond acceptors (Lipinski definition) is 5. The molecule has 2 aromatic rings. The summed E-state index contributed by atoms with van der Waals surface area (Å²) in [6, 6.07) is 3.38. The Kier molecular flexibility index (Phi) is 4.79. The van der Waals surface area contributed by atoms with Gasteiger partial charge in [0.25, 0.3) is 10.2 Å². The second kappa shape index (κ2) is 6.81. The zero-order chi connectivity index (χ0) is 16.3. The molecule has 0 amide bonds. The normalized spacial score (nSPS) is 19.4. The van der Waals surface area contributed by atoms with Crippen molar-refractivity contribution in [3.05, 3.63) is 36.3 Å². The molecule has 0 unspecified atom stereocenters. The number of rotatable bonds is 7. The molecule has 0 spiro atoms. The molecule has 0 aromatic carbocycles. The van der Waals surface area contributed by atoms with Crippen LogP contribution in [0, 0.1) is 0 Å². The molecule has 2 aromatic heterocycles. The summed E-state index contributed by atoms with van der Waals surface area (Å²) >= 11 is 0. The monoisotopic (exact) mass is 339 g/mol. The van der Waals surface area contributed by atoms with Gasteiger partial charge in [-0.3, -0.25) is 0 Å². The number of aromatic nitrogens is 3. The zero-order valence-corrected chi connectivity index (χ0v) is 13.9. The van der Waals surface area contributed by atoms with Gasteiger partial charge < -0.3 is 8.98 Å². The van der Waals surface area contributed by atoms with Crippen molar-refractivity contribution in [2.24, 2.45) is 0 Å². The van der Waals surface area contributed by atoms with Crippen LogP contribution in [-0.4, -0.2) is 40.6 Å². The van der Waals surface area contributed by atoms with Gasteiger partial charge in [0.15, 0.2) is 0 Å². The van der Waals surface area contributed by atoms with Crippen LogP contribution in [0.1, 0.15) is 37.4 Å². The summed E-state index contributed by atoms with van der Waals surface area (Å²) in [6.45, 7) is 3.56. The highest BCUT2D eigenvalue weighted by Crippen LogP contribution is 2.33. The second-order valence-electron chi connectivity index (χ2n) is 5.47. The Morgan fingerprint density at radius 1 is 1.48 bits per heavy atom. The van der Waals surface area contributed by atoms with Gasteiger partial charge in [-0.2, -0.15) is 12.7 Å². The minimum atomic E-state index is -3.54. The smallest absolute Gasteiger partial charge is 0.280 e. The molecule has 0 radical (unpaired) electrons. The molecule has 23 heavy (non-hydrogen) atoms. The van der Waals surface area contributed by atoms with E-state index in [2.05, 4.69) is 14.9 Å². The molecule has 8 nitrogen and oxygen atoms in total. The molecule has 0 saturated carbocycles. The first-order valence-corrected chi connectivity index (χ1v) is 9.22. The van der Waals surface area contributed by atoms with E-state index in [4.69, 9.17) is 4.42 Å². The van der Waals surface area contributed by atoms with Crippen molar-refractivity contribution in [3.63, 3.8) is 0 Å². The quantitative estimate of drug-likeness (QED) is 0.815. The van der Waals surface area contributed by atoms with Gasteiger partial charge in [-0.1, -0.05) is 0 Å². The van der Waals surface area contributed by atoms with Crippen molar-refractivity contribution < 1.29 is 12.8 Å². The number of nitrogens with zero attached hydrogens (tertiary/aromatic N) is 4. The number of nitrogens with one attached hydrogen (secondary N) is 1. The van der Waals surface area contributed by atoms with E-state index in [-0.39, 0.29) is 6.04 Å². The van der Waals surface area contributed by atoms with E-state index in [1.54, 1.807) is 18.7 Å². The Bertz CT molecular complexity index is 725. The molecule has 1 saturated heterocycles. The maximum atomic E-state index is 12.6. The van der Waals surface area contributed by atoms with Crippen LogP contribution in [0.5, 0.6) is 0 Å². The Labute approximate surface area is 135 Å². The van der Waals surface area contributed by atoms with E-state index in [9.17, 15) is 8.42 Å². The minimum absolute atomic E-state index is 0.221. The van der Waals surface area contributed by atoms with Crippen LogP contribution < -0.4 is 4.72 Å². The van der Waals surface area contributed by atoms with E-state index in [0.717, 1.165) is 25.2 Å². The van der Waals surface area contributed by atoms with Gasteiger partial charge in [-0.15, -0.1) is 10.2 Å². The van der Waals surface area contributed by atoms with Gasteiger partial charge in [0.2, 0.25) is 0 Å². The fourth-order valence-electron chi connectivity index (χ4n) is 2.90. The highest BCUT2D eigenvalue weighted by Gasteiger charge is 2.36. The van der Waals surface area contributed by atoms with Gasteiger partial charge >= 0.3 is 0 Å². The SMILES string of the molecule is CCn1cnnc1CCNS(=O)(=O)N1CCC[C@@H]1c1ccco1. The predicted molar refractivity (Wildman–Crippen MR) is 83.7 cm³/mol. The first-order chi connectivity index (χ1) is 11.1. The molecular weight excluding hydrogens is 318 g/mol. The van der Waals surface area contributed by atoms with Crippen molar-refractivity contribution in [1.29, 1.82) is 0 Å². The minimum Gasteiger partial charge on any atom is -0.468 e. The molecule has 0 bridgehead atoms. The van der Waals surface area contributed by atoms with E-state index < -0.39 is 10.2 Å². The lowest BCUT2D eigenvalue weighted by Gasteiger charge is -2.22. The fraction of sp³-hybridized carbons (Fsp3) is 0.571. The van der Waals surface area contributed by atoms with E-state index >= 15 is 0 Å². The number of furan rings is 1.